The molecule has 0 aromatic heterocycles. The Morgan fingerprint density at radius 1 is 1.06 bits per heavy atom. The molecule has 1 rings (SSSR count). The van der Waals surface area contributed by atoms with Crippen molar-refractivity contribution in [2.75, 3.05) is 0 Å². The van der Waals surface area contributed by atoms with Crippen LogP contribution in [-0.4, -0.2) is 5.78 Å². The monoisotopic (exact) mass is 248 g/mol. The van der Waals surface area contributed by atoms with E-state index >= 15 is 0 Å². The van der Waals surface area contributed by atoms with Crippen LogP contribution < -0.4 is 0 Å². The summed E-state index contributed by atoms with van der Waals surface area (Å²) < 4.78 is 0. The highest BCUT2D eigenvalue weighted by Crippen LogP contribution is 2.17. The van der Waals surface area contributed by atoms with Crippen LogP contribution in [0.25, 0.3) is 0 Å². The van der Waals surface area contributed by atoms with Crippen molar-refractivity contribution in [3.63, 3.8) is 0 Å². The first-order chi connectivity index (χ1) is 8.42. The summed E-state index contributed by atoms with van der Waals surface area (Å²) in [7, 11) is 0. The lowest BCUT2D eigenvalue weighted by Gasteiger charge is -2.10. The zero-order chi connectivity index (χ0) is 14.1. The number of benzene rings is 1. The highest BCUT2D eigenvalue weighted by molar-refractivity contribution is 5.82. The van der Waals surface area contributed by atoms with E-state index in [-0.39, 0.29) is 11.7 Å². The Labute approximate surface area is 113 Å². The van der Waals surface area contributed by atoms with Crippen LogP contribution >= 0.6 is 0 Å². The van der Waals surface area contributed by atoms with E-state index in [1.807, 2.05) is 6.92 Å². The van der Waals surface area contributed by atoms with Crippen molar-refractivity contribution in [3.8, 4) is 0 Å². The van der Waals surface area contributed by atoms with Gasteiger partial charge in [0.05, 0.1) is 0 Å². The summed E-state index contributed by atoms with van der Waals surface area (Å²) in [4.78, 5) is 11.2. The zero-order valence-electron chi connectivity index (χ0n) is 12.8. The summed E-state index contributed by atoms with van der Waals surface area (Å²) in [6.07, 6.45) is 2.36. The second-order valence-corrected chi connectivity index (χ2v) is 5.38. The Kier molecular flexibility index (Phi) is 8.36. The second kappa shape index (κ2) is 8.91. The molecule has 0 bridgehead atoms. The first-order valence-corrected chi connectivity index (χ1v) is 7.01. The number of carbonyl (C=O) groups excluding carboxylic acids is 1. The Bertz CT molecular complexity index is 335. The van der Waals surface area contributed by atoms with Gasteiger partial charge in [0.15, 0.2) is 0 Å². The lowest BCUT2D eigenvalue weighted by molar-refractivity contribution is -0.118. The summed E-state index contributed by atoms with van der Waals surface area (Å²) in [6.45, 7) is 12.3. The largest absolute Gasteiger partial charge is 0.299 e. The highest BCUT2D eigenvalue weighted by Gasteiger charge is 2.09. The molecule has 0 aliphatic rings. The Morgan fingerprint density at radius 3 is 1.83 bits per heavy atom. The number of Topliss-reactive ketones (excluding diaryl/α,β-unsaturated/α-hetero) is 1. The molecule has 102 valence electrons. The Morgan fingerprint density at radius 2 is 1.50 bits per heavy atom. The van der Waals surface area contributed by atoms with Gasteiger partial charge < -0.3 is 0 Å². The molecule has 0 fully saturated rings. The minimum absolute atomic E-state index is 0.0260. The molecule has 0 saturated carbocycles. The SMILES string of the molecule is CC(=O)C(C)c1ccc(CC(C)C)cc1.CCC. The van der Waals surface area contributed by atoms with E-state index in [1.165, 1.54) is 12.0 Å². The smallest absolute Gasteiger partial charge is 0.136 e. The number of rotatable bonds is 4. The van der Waals surface area contributed by atoms with Gasteiger partial charge in [0.2, 0.25) is 0 Å². The van der Waals surface area contributed by atoms with Crippen LogP contribution in [0.3, 0.4) is 0 Å². The van der Waals surface area contributed by atoms with Crippen LogP contribution in [0.2, 0.25) is 0 Å². The third-order valence-electron chi connectivity index (χ3n) is 2.73. The fraction of sp³-hybridized carbons (Fsp3) is 0.588. The predicted octanol–water partition coefficient (Wildman–Crippen LogP) is 4.99. The van der Waals surface area contributed by atoms with Crippen LogP contribution in [0.5, 0.6) is 0 Å². The maximum absolute atomic E-state index is 11.2. The predicted molar refractivity (Wildman–Crippen MR) is 80.0 cm³/mol. The van der Waals surface area contributed by atoms with Crippen LogP contribution in [0.1, 0.15) is 65.0 Å². The van der Waals surface area contributed by atoms with Gasteiger partial charge in [-0.15, -0.1) is 0 Å². The van der Waals surface area contributed by atoms with Gasteiger partial charge in [-0.1, -0.05) is 65.3 Å². The van der Waals surface area contributed by atoms with Gasteiger partial charge in [-0.05, 0) is 30.4 Å². The molecule has 1 nitrogen and oxygen atoms in total. The Hall–Kier alpha value is -1.11. The third-order valence-corrected chi connectivity index (χ3v) is 2.73. The lowest BCUT2D eigenvalue weighted by Crippen LogP contribution is -2.04. The van der Waals surface area contributed by atoms with Crippen molar-refractivity contribution in [1.29, 1.82) is 0 Å². The molecule has 0 spiro atoms. The fourth-order valence-corrected chi connectivity index (χ4v) is 1.65. The van der Waals surface area contributed by atoms with Crippen LogP contribution in [0, 0.1) is 5.92 Å². The average Bonchev–Trinajstić information content (AvgIpc) is 2.29. The van der Waals surface area contributed by atoms with Crippen molar-refractivity contribution in [2.24, 2.45) is 5.92 Å². The van der Waals surface area contributed by atoms with Crippen molar-refractivity contribution in [3.05, 3.63) is 35.4 Å². The average molecular weight is 248 g/mol. The van der Waals surface area contributed by atoms with Crippen molar-refractivity contribution >= 4 is 5.78 Å². The maximum Gasteiger partial charge on any atom is 0.136 e. The zero-order valence-corrected chi connectivity index (χ0v) is 12.8. The van der Waals surface area contributed by atoms with E-state index < -0.39 is 0 Å². The first-order valence-electron chi connectivity index (χ1n) is 7.01. The molecule has 1 aromatic rings. The quantitative estimate of drug-likeness (QED) is 0.733. The fourth-order valence-electron chi connectivity index (χ4n) is 1.65. The van der Waals surface area contributed by atoms with Crippen LogP contribution in [-0.2, 0) is 11.2 Å². The molecular weight excluding hydrogens is 220 g/mol. The van der Waals surface area contributed by atoms with Gasteiger partial charge in [-0.3, -0.25) is 4.79 Å². The Balaban J connectivity index is 0.000000873. The summed E-state index contributed by atoms with van der Waals surface area (Å²) in [5.74, 6) is 0.936. The minimum atomic E-state index is 0.0260. The van der Waals surface area contributed by atoms with Crippen LogP contribution in [0.15, 0.2) is 24.3 Å². The summed E-state index contributed by atoms with van der Waals surface area (Å²) >= 11 is 0. The van der Waals surface area contributed by atoms with Gasteiger partial charge in [0, 0.05) is 5.92 Å². The van der Waals surface area contributed by atoms with E-state index in [2.05, 4.69) is 52.0 Å². The van der Waals surface area contributed by atoms with Crippen molar-refractivity contribution in [1.82, 2.24) is 0 Å². The van der Waals surface area contributed by atoms with E-state index in [1.54, 1.807) is 6.92 Å². The van der Waals surface area contributed by atoms with Gasteiger partial charge in [0.25, 0.3) is 0 Å². The lowest BCUT2D eigenvalue weighted by atomic mass is 9.95. The van der Waals surface area contributed by atoms with E-state index in [0.717, 1.165) is 12.0 Å². The molecule has 0 aliphatic carbocycles. The van der Waals surface area contributed by atoms with Gasteiger partial charge in [-0.2, -0.15) is 0 Å². The molecule has 0 heterocycles. The van der Waals surface area contributed by atoms with Crippen molar-refractivity contribution < 1.29 is 4.79 Å². The van der Waals surface area contributed by atoms with E-state index in [4.69, 9.17) is 0 Å². The number of hydrogen-bond donors (Lipinski definition) is 0. The minimum Gasteiger partial charge on any atom is -0.299 e. The van der Waals surface area contributed by atoms with Crippen molar-refractivity contribution in [2.45, 2.75) is 60.3 Å². The van der Waals surface area contributed by atoms with Crippen LogP contribution in [0.4, 0.5) is 0 Å². The molecule has 0 aliphatic heterocycles. The molecule has 1 heteroatoms. The van der Waals surface area contributed by atoms with E-state index in [9.17, 15) is 4.79 Å². The second-order valence-electron chi connectivity index (χ2n) is 5.38. The molecule has 1 unspecified atom stereocenters. The van der Waals surface area contributed by atoms with E-state index in [0.29, 0.717) is 5.92 Å². The highest BCUT2D eigenvalue weighted by atomic mass is 16.1. The van der Waals surface area contributed by atoms with Gasteiger partial charge in [-0.25, -0.2) is 0 Å². The maximum atomic E-state index is 11.2. The number of hydrogen-bond acceptors (Lipinski definition) is 1. The number of ketones is 1. The topological polar surface area (TPSA) is 17.1 Å². The van der Waals surface area contributed by atoms with Gasteiger partial charge >= 0.3 is 0 Å². The number of carbonyl (C=O) groups is 1. The molecule has 0 amide bonds. The summed E-state index contributed by atoms with van der Waals surface area (Å²) in [5.41, 5.74) is 2.47. The first kappa shape index (κ1) is 16.9. The molecule has 1 aromatic carbocycles. The third kappa shape index (κ3) is 6.58. The van der Waals surface area contributed by atoms with Gasteiger partial charge in [0.1, 0.15) is 5.78 Å². The standard InChI is InChI=1S/C14H20O.C3H8/c1-10(2)9-13-5-7-14(8-6-13)11(3)12(4)15;1-3-2/h5-8,10-11H,9H2,1-4H3;3H2,1-2H3. The molecule has 0 radical (unpaired) electrons. The summed E-state index contributed by atoms with van der Waals surface area (Å²) in [6, 6.07) is 8.41. The molecule has 0 saturated heterocycles. The summed E-state index contributed by atoms with van der Waals surface area (Å²) in [5, 5.41) is 0. The normalized spacial score (nSPS) is 11.7. The molecule has 0 N–H and O–H groups in total. The molecule has 1 atom stereocenters. The molecular formula is C17H28O. The molecule has 18 heavy (non-hydrogen) atoms.